The quantitative estimate of drug-likeness (QED) is 0.682. The Morgan fingerprint density at radius 1 is 1.40 bits per heavy atom. The summed E-state index contributed by atoms with van der Waals surface area (Å²) >= 11 is 0. The number of benzene rings is 1. The van der Waals surface area contributed by atoms with E-state index in [2.05, 4.69) is 10.4 Å². The van der Waals surface area contributed by atoms with Crippen molar-refractivity contribution in [2.24, 2.45) is 0 Å². The Morgan fingerprint density at radius 2 is 2.15 bits per heavy atom. The Labute approximate surface area is 115 Å². The van der Waals surface area contributed by atoms with Gasteiger partial charge in [0.15, 0.2) is 0 Å². The van der Waals surface area contributed by atoms with Gasteiger partial charge in [0.25, 0.3) is 0 Å². The maximum absolute atomic E-state index is 11.8. The van der Waals surface area contributed by atoms with Crippen molar-refractivity contribution < 1.29 is 9.72 Å². The summed E-state index contributed by atoms with van der Waals surface area (Å²) in [7, 11) is 0. The third-order valence-electron chi connectivity index (χ3n) is 2.93. The summed E-state index contributed by atoms with van der Waals surface area (Å²) in [6, 6.07) is 5.61. The molecule has 0 fully saturated rings. The fourth-order valence-corrected chi connectivity index (χ4v) is 1.70. The lowest BCUT2D eigenvalue weighted by atomic mass is 10.1. The highest BCUT2D eigenvalue weighted by atomic mass is 16.6. The second-order valence-electron chi connectivity index (χ2n) is 4.50. The number of nitrogens with one attached hydrogen (secondary N) is 1. The Kier molecular flexibility index (Phi) is 3.79. The molecule has 1 N–H and O–H groups in total. The molecule has 7 heteroatoms. The highest BCUT2D eigenvalue weighted by molar-refractivity contribution is 5.90. The van der Waals surface area contributed by atoms with Crippen LogP contribution >= 0.6 is 0 Å². The molecule has 0 aliphatic heterocycles. The van der Waals surface area contributed by atoms with Gasteiger partial charge in [0.1, 0.15) is 18.9 Å². The first-order valence-corrected chi connectivity index (χ1v) is 5.99. The lowest BCUT2D eigenvalue weighted by Crippen LogP contribution is -2.19. The van der Waals surface area contributed by atoms with Gasteiger partial charge in [-0.3, -0.25) is 19.6 Å². The molecule has 2 rings (SSSR count). The summed E-state index contributed by atoms with van der Waals surface area (Å²) < 4.78 is 1.23. The van der Waals surface area contributed by atoms with Gasteiger partial charge in [0.2, 0.25) is 5.91 Å². The molecule has 1 amide bonds. The van der Waals surface area contributed by atoms with Gasteiger partial charge in [0.05, 0.1) is 4.92 Å². The first kappa shape index (κ1) is 13.7. The molecular weight excluding hydrogens is 260 g/mol. The maximum Gasteiger partial charge on any atom is 0.307 e. The molecule has 0 spiro atoms. The van der Waals surface area contributed by atoms with Crippen LogP contribution in [-0.4, -0.2) is 20.6 Å². The predicted molar refractivity (Wildman–Crippen MR) is 73.4 cm³/mol. The minimum Gasteiger partial charge on any atom is -0.324 e. The van der Waals surface area contributed by atoms with Crippen LogP contribution in [0, 0.1) is 24.0 Å². The zero-order valence-electron chi connectivity index (χ0n) is 11.2. The standard InChI is InChI=1S/C13H14N4O3/c1-9-3-4-11(5-10(9)2)15-13(18)8-16-7-12(6-14-16)17(19)20/h3-7H,8H2,1-2H3,(H,15,18). The molecule has 0 saturated carbocycles. The number of nitrogens with zero attached hydrogens (tertiary/aromatic N) is 3. The normalized spacial score (nSPS) is 10.3. The van der Waals surface area contributed by atoms with Crippen molar-refractivity contribution in [3.8, 4) is 0 Å². The number of amides is 1. The lowest BCUT2D eigenvalue weighted by Gasteiger charge is -2.07. The molecule has 0 radical (unpaired) electrons. The molecule has 20 heavy (non-hydrogen) atoms. The van der Waals surface area contributed by atoms with Gasteiger partial charge >= 0.3 is 5.69 Å². The Morgan fingerprint density at radius 3 is 2.75 bits per heavy atom. The van der Waals surface area contributed by atoms with Crippen molar-refractivity contribution in [2.45, 2.75) is 20.4 Å². The highest BCUT2D eigenvalue weighted by Crippen LogP contribution is 2.14. The van der Waals surface area contributed by atoms with Gasteiger partial charge in [-0.2, -0.15) is 5.10 Å². The van der Waals surface area contributed by atoms with Crippen molar-refractivity contribution >= 4 is 17.3 Å². The number of hydrogen-bond acceptors (Lipinski definition) is 4. The number of carbonyl (C=O) groups excluding carboxylic acids is 1. The number of aromatic nitrogens is 2. The average Bonchev–Trinajstić information content (AvgIpc) is 2.82. The van der Waals surface area contributed by atoms with Crippen LogP contribution in [0.15, 0.2) is 30.6 Å². The summed E-state index contributed by atoms with van der Waals surface area (Å²) in [5, 5.41) is 17.0. The van der Waals surface area contributed by atoms with Crippen LogP contribution in [0.3, 0.4) is 0 Å². The maximum atomic E-state index is 11.8. The Bertz CT molecular complexity index is 663. The van der Waals surface area contributed by atoms with Gasteiger partial charge < -0.3 is 5.32 Å². The fourth-order valence-electron chi connectivity index (χ4n) is 1.70. The molecule has 1 heterocycles. The highest BCUT2D eigenvalue weighted by Gasteiger charge is 2.11. The van der Waals surface area contributed by atoms with E-state index >= 15 is 0 Å². The molecule has 0 unspecified atom stereocenters. The topological polar surface area (TPSA) is 90.1 Å². The molecule has 0 aliphatic carbocycles. The fraction of sp³-hybridized carbons (Fsp3) is 0.231. The molecule has 0 bridgehead atoms. The SMILES string of the molecule is Cc1ccc(NC(=O)Cn2cc([N+](=O)[O-])cn2)cc1C. The smallest absolute Gasteiger partial charge is 0.307 e. The monoisotopic (exact) mass is 274 g/mol. The molecule has 0 atom stereocenters. The van der Waals surface area contributed by atoms with Crippen LogP contribution < -0.4 is 5.32 Å². The number of nitro groups is 1. The van der Waals surface area contributed by atoms with Crippen molar-refractivity contribution in [3.63, 3.8) is 0 Å². The third-order valence-corrected chi connectivity index (χ3v) is 2.93. The molecule has 104 valence electrons. The van der Waals surface area contributed by atoms with E-state index in [0.29, 0.717) is 5.69 Å². The molecular formula is C13H14N4O3. The minimum atomic E-state index is -0.551. The number of anilines is 1. The lowest BCUT2D eigenvalue weighted by molar-refractivity contribution is -0.385. The Balaban J connectivity index is 2.01. The van der Waals surface area contributed by atoms with E-state index in [1.807, 2.05) is 32.0 Å². The van der Waals surface area contributed by atoms with E-state index in [0.717, 1.165) is 17.3 Å². The van der Waals surface area contributed by atoms with Crippen molar-refractivity contribution in [1.29, 1.82) is 0 Å². The Hall–Kier alpha value is -2.70. The largest absolute Gasteiger partial charge is 0.324 e. The van der Waals surface area contributed by atoms with Gasteiger partial charge in [0, 0.05) is 5.69 Å². The zero-order chi connectivity index (χ0) is 14.7. The van der Waals surface area contributed by atoms with E-state index in [4.69, 9.17) is 0 Å². The van der Waals surface area contributed by atoms with Crippen LogP contribution in [0.4, 0.5) is 11.4 Å². The van der Waals surface area contributed by atoms with E-state index in [9.17, 15) is 14.9 Å². The second kappa shape index (κ2) is 5.52. The van der Waals surface area contributed by atoms with Crippen LogP contribution in [0.2, 0.25) is 0 Å². The van der Waals surface area contributed by atoms with Gasteiger partial charge in [-0.05, 0) is 37.1 Å². The number of carbonyl (C=O) groups is 1. The molecule has 1 aromatic carbocycles. The van der Waals surface area contributed by atoms with E-state index < -0.39 is 4.92 Å². The average molecular weight is 274 g/mol. The predicted octanol–water partition coefficient (Wildman–Crippen LogP) is 2.05. The van der Waals surface area contributed by atoms with Gasteiger partial charge in [-0.15, -0.1) is 0 Å². The van der Waals surface area contributed by atoms with E-state index in [-0.39, 0.29) is 18.1 Å². The van der Waals surface area contributed by atoms with Crippen LogP contribution in [-0.2, 0) is 11.3 Å². The molecule has 7 nitrogen and oxygen atoms in total. The van der Waals surface area contributed by atoms with Crippen molar-refractivity contribution in [3.05, 3.63) is 51.8 Å². The second-order valence-corrected chi connectivity index (χ2v) is 4.50. The molecule has 0 saturated heterocycles. The summed E-state index contributed by atoms with van der Waals surface area (Å²) in [6.07, 6.45) is 2.34. The first-order valence-electron chi connectivity index (χ1n) is 5.99. The van der Waals surface area contributed by atoms with Crippen molar-refractivity contribution in [2.75, 3.05) is 5.32 Å². The zero-order valence-corrected chi connectivity index (χ0v) is 11.2. The van der Waals surface area contributed by atoms with E-state index in [1.165, 1.54) is 10.9 Å². The van der Waals surface area contributed by atoms with E-state index in [1.54, 1.807) is 0 Å². The molecule has 2 aromatic rings. The number of aryl methyl sites for hydroxylation is 2. The molecule has 0 aliphatic rings. The summed E-state index contributed by atoms with van der Waals surface area (Å²) in [5.74, 6) is -0.286. The first-order chi connectivity index (χ1) is 9.45. The summed E-state index contributed by atoms with van der Waals surface area (Å²) in [4.78, 5) is 21.8. The summed E-state index contributed by atoms with van der Waals surface area (Å²) in [5.41, 5.74) is 2.78. The van der Waals surface area contributed by atoms with Gasteiger partial charge in [-0.1, -0.05) is 6.07 Å². The number of rotatable bonds is 4. The van der Waals surface area contributed by atoms with Crippen LogP contribution in [0.5, 0.6) is 0 Å². The van der Waals surface area contributed by atoms with Crippen molar-refractivity contribution in [1.82, 2.24) is 9.78 Å². The third kappa shape index (κ3) is 3.19. The summed E-state index contributed by atoms with van der Waals surface area (Å²) in [6.45, 7) is 3.88. The van der Waals surface area contributed by atoms with Gasteiger partial charge in [-0.25, -0.2) is 0 Å². The minimum absolute atomic E-state index is 0.0687. The van der Waals surface area contributed by atoms with Crippen LogP contribution in [0.25, 0.3) is 0 Å². The van der Waals surface area contributed by atoms with Crippen LogP contribution in [0.1, 0.15) is 11.1 Å². The molecule has 1 aromatic heterocycles. The number of hydrogen-bond donors (Lipinski definition) is 1.